The molecule has 0 aliphatic heterocycles. The molecule has 0 aliphatic carbocycles. The Bertz CT molecular complexity index is 390. The van der Waals surface area contributed by atoms with Crippen molar-refractivity contribution in [2.45, 2.75) is 26.7 Å². The molecule has 92 valence electrons. The summed E-state index contributed by atoms with van der Waals surface area (Å²) in [5.41, 5.74) is 2.38. The lowest BCUT2D eigenvalue weighted by Crippen LogP contribution is -2.23. The largest absolute Gasteiger partial charge is 0.343 e. The first-order valence-electron chi connectivity index (χ1n) is 6.07. The van der Waals surface area contributed by atoms with Crippen molar-refractivity contribution < 1.29 is 4.79 Å². The maximum absolute atomic E-state index is 11.6. The maximum atomic E-state index is 11.6. The lowest BCUT2D eigenvalue weighted by atomic mass is 10.0. The molecule has 0 spiro atoms. The van der Waals surface area contributed by atoms with Crippen molar-refractivity contribution >= 4 is 12.0 Å². The van der Waals surface area contributed by atoms with Crippen LogP contribution >= 0.6 is 0 Å². The highest BCUT2D eigenvalue weighted by Crippen LogP contribution is 2.15. The quantitative estimate of drug-likeness (QED) is 0.728. The summed E-state index contributed by atoms with van der Waals surface area (Å²) in [7, 11) is 1.80. The molecule has 0 fully saturated rings. The van der Waals surface area contributed by atoms with Crippen LogP contribution in [0.1, 0.15) is 37.8 Å². The number of carbonyl (C=O) groups is 1. The predicted octanol–water partition coefficient (Wildman–Crippen LogP) is 3.30. The Hall–Kier alpha value is -1.57. The van der Waals surface area contributed by atoms with Crippen LogP contribution in [0, 0.1) is 0 Å². The molecule has 1 aromatic rings. The zero-order valence-electron chi connectivity index (χ0n) is 11.1. The fourth-order valence-electron chi connectivity index (χ4n) is 1.44. The van der Waals surface area contributed by atoms with Crippen LogP contribution in [0.25, 0.3) is 6.08 Å². The molecule has 0 unspecified atom stereocenters. The van der Waals surface area contributed by atoms with Crippen LogP contribution in [0.5, 0.6) is 0 Å². The van der Waals surface area contributed by atoms with Gasteiger partial charge in [0.25, 0.3) is 0 Å². The van der Waals surface area contributed by atoms with Gasteiger partial charge in [0.15, 0.2) is 0 Å². The second kappa shape index (κ2) is 6.24. The summed E-state index contributed by atoms with van der Waals surface area (Å²) in [5, 5.41) is 0. The number of hydrogen-bond donors (Lipinski definition) is 0. The van der Waals surface area contributed by atoms with Crippen LogP contribution in [-0.2, 0) is 4.79 Å². The number of benzene rings is 1. The second-order valence-electron chi connectivity index (χ2n) is 4.51. The van der Waals surface area contributed by atoms with Gasteiger partial charge in [-0.1, -0.05) is 38.1 Å². The van der Waals surface area contributed by atoms with Crippen LogP contribution in [0.3, 0.4) is 0 Å². The number of amides is 1. The third-order valence-electron chi connectivity index (χ3n) is 2.87. The van der Waals surface area contributed by atoms with E-state index in [2.05, 4.69) is 26.0 Å². The van der Waals surface area contributed by atoms with Gasteiger partial charge in [-0.25, -0.2) is 0 Å². The van der Waals surface area contributed by atoms with Gasteiger partial charge in [0.05, 0.1) is 0 Å². The van der Waals surface area contributed by atoms with E-state index in [0.29, 0.717) is 5.92 Å². The minimum absolute atomic E-state index is 0.0421. The summed E-state index contributed by atoms with van der Waals surface area (Å²) in [6.07, 6.45) is 3.48. The van der Waals surface area contributed by atoms with Crippen LogP contribution < -0.4 is 0 Å². The molecule has 0 N–H and O–H groups in total. The highest BCUT2D eigenvalue weighted by molar-refractivity contribution is 5.91. The lowest BCUT2D eigenvalue weighted by Gasteiger charge is -2.10. The van der Waals surface area contributed by atoms with E-state index in [1.165, 1.54) is 5.56 Å². The monoisotopic (exact) mass is 231 g/mol. The van der Waals surface area contributed by atoms with E-state index in [4.69, 9.17) is 0 Å². The Labute approximate surface area is 104 Å². The number of carbonyl (C=O) groups excluding carboxylic acids is 1. The lowest BCUT2D eigenvalue weighted by molar-refractivity contribution is -0.124. The fourth-order valence-corrected chi connectivity index (χ4v) is 1.44. The first-order chi connectivity index (χ1) is 8.04. The molecule has 0 saturated carbocycles. The number of hydrogen-bond acceptors (Lipinski definition) is 1. The molecule has 17 heavy (non-hydrogen) atoms. The third-order valence-corrected chi connectivity index (χ3v) is 2.87. The number of likely N-dealkylation sites (N-methyl/N-ethyl adjacent to an activating group) is 1. The van der Waals surface area contributed by atoms with Crippen LogP contribution in [0.15, 0.2) is 30.3 Å². The van der Waals surface area contributed by atoms with Gasteiger partial charge >= 0.3 is 0 Å². The minimum Gasteiger partial charge on any atom is -0.343 e. The summed E-state index contributed by atoms with van der Waals surface area (Å²) in [6, 6.07) is 8.31. The van der Waals surface area contributed by atoms with E-state index < -0.39 is 0 Å². The molecule has 0 radical (unpaired) electrons. The molecule has 1 rings (SSSR count). The highest BCUT2D eigenvalue weighted by Gasteiger charge is 2.01. The normalized spacial score (nSPS) is 11.1. The number of rotatable bonds is 4. The predicted molar refractivity (Wildman–Crippen MR) is 72.9 cm³/mol. The van der Waals surface area contributed by atoms with Gasteiger partial charge < -0.3 is 4.90 Å². The van der Waals surface area contributed by atoms with Crippen molar-refractivity contribution in [2.24, 2.45) is 0 Å². The average molecular weight is 231 g/mol. The molecule has 0 bridgehead atoms. The molecule has 2 nitrogen and oxygen atoms in total. The SMILES string of the molecule is CCN(C)C(=O)/C=C/c1ccc(C(C)C)cc1. The van der Waals surface area contributed by atoms with Crippen LogP contribution in [-0.4, -0.2) is 24.4 Å². The summed E-state index contributed by atoms with van der Waals surface area (Å²) in [5.74, 6) is 0.585. The molecule has 0 aliphatic rings. The van der Waals surface area contributed by atoms with Crippen molar-refractivity contribution in [2.75, 3.05) is 13.6 Å². The van der Waals surface area contributed by atoms with Crippen molar-refractivity contribution in [1.82, 2.24) is 4.90 Å². The van der Waals surface area contributed by atoms with E-state index >= 15 is 0 Å². The van der Waals surface area contributed by atoms with Crippen molar-refractivity contribution in [1.29, 1.82) is 0 Å². The molecule has 1 aromatic carbocycles. The summed E-state index contributed by atoms with van der Waals surface area (Å²) in [4.78, 5) is 13.2. The standard InChI is InChI=1S/C15H21NO/c1-5-16(4)15(17)11-8-13-6-9-14(10-7-13)12(2)3/h6-12H,5H2,1-4H3/b11-8+. The van der Waals surface area contributed by atoms with Crippen molar-refractivity contribution in [3.05, 3.63) is 41.5 Å². The first kappa shape index (κ1) is 13.5. The molecule has 0 aromatic heterocycles. The molecular weight excluding hydrogens is 210 g/mol. The smallest absolute Gasteiger partial charge is 0.246 e. The molecule has 2 heteroatoms. The van der Waals surface area contributed by atoms with Crippen LogP contribution in [0.2, 0.25) is 0 Å². The minimum atomic E-state index is 0.0421. The Morgan fingerprint density at radius 1 is 1.29 bits per heavy atom. The Balaban J connectivity index is 2.69. The van der Waals surface area contributed by atoms with Gasteiger partial charge in [-0.2, -0.15) is 0 Å². The summed E-state index contributed by atoms with van der Waals surface area (Å²) >= 11 is 0. The van der Waals surface area contributed by atoms with Crippen molar-refractivity contribution in [3.8, 4) is 0 Å². The number of nitrogens with zero attached hydrogens (tertiary/aromatic N) is 1. The Kier molecular flexibility index (Phi) is 4.95. The molecular formula is C15H21NO. The van der Waals surface area contributed by atoms with Crippen molar-refractivity contribution in [3.63, 3.8) is 0 Å². The van der Waals surface area contributed by atoms with Gasteiger partial charge in [-0.05, 0) is 30.0 Å². The Morgan fingerprint density at radius 2 is 1.88 bits per heavy atom. The topological polar surface area (TPSA) is 20.3 Å². The van der Waals surface area contributed by atoms with Crippen LogP contribution in [0.4, 0.5) is 0 Å². The average Bonchev–Trinajstić information content (AvgIpc) is 2.35. The fraction of sp³-hybridized carbons (Fsp3) is 0.400. The first-order valence-corrected chi connectivity index (χ1v) is 6.07. The molecule has 0 saturated heterocycles. The maximum Gasteiger partial charge on any atom is 0.246 e. The molecule has 0 heterocycles. The van der Waals surface area contributed by atoms with Gasteiger partial charge in [0, 0.05) is 19.7 Å². The van der Waals surface area contributed by atoms with E-state index in [9.17, 15) is 4.79 Å². The second-order valence-corrected chi connectivity index (χ2v) is 4.51. The molecule has 1 amide bonds. The van der Waals surface area contributed by atoms with E-state index in [1.54, 1.807) is 18.0 Å². The van der Waals surface area contributed by atoms with E-state index in [0.717, 1.165) is 12.1 Å². The van der Waals surface area contributed by atoms with E-state index in [1.807, 2.05) is 25.1 Å². The summed E-state index contributed by atoms with van der Waals surface area (Å²) < 4.78 is 0. The van der Waals surface area contributed by atoms with Gasteiger partial charge in [0.2, 0.25) is 5.91 Å². The van der Waals surface area contributed by atoms with Gasteiger partial charge in [-0.15, -0.1) is 0 Å². The molecule has 0 atom stereocenters. The highest BCUT2D eigenvalue weighted by atomic mass is 16.2. The Morgan fingerprint density at radius 3 is 2.35 bits per heavy atom. The van der Waals surface area contributed by atoms with Gasteiger partial charge in [-0.3, -0.25) is 4.79 Å². The zero-order valence-corrected chi connectivity index (χ0v) is 11.1. The van der Waals surface area contributed by atoms with E-state index in [-0.39, 0.29) is 5.91 Å². The van der Waals surface area contributed by atoms with Gasteiger partial charge in [0.1, 0.15) is 0 Å². The third kappa shape index (κ3) is 4.06. The zero-order chi connectivity index (χ0) is 12.8. The summed E-state index contributed by atoms with van der Waals surface area (Å²) in [6.45, 7) is 7.04.